The summed E-state index contributed by atoms with van der Waals surface area (Å²) in [5, 5.41) is 0. The number of pyridine rings is 1. The second-order valence-electron chi connectivity index (χ2n) is 5.30. The molecule has 1 saturated heterocycles. The van der Waals surface area contributed by atoms with E-state index in [1.165, 1.54) is 12.5 Å². The van der Waals surface area contributed by atoms with Gasteiger partial charge in [-0.15, -0.1) is 0 Å². The van der Waals surface area contributed by atoms with E-state index >= 15 is 0 Å². The molecule has 0 aliphatic carbocycles. The third-order valence-electron chi connectivity index (χ3n) is 3.63. The summed E-state index contributed by atoms with van der Waals surface area (Å²) >= 11 is 0. The Balaban J connectivity index is 2.28. The first kappa shape index (κ1) is 15.5. The molecule has 3 nitrogen and oxygen atoms in total. The van der Waals surface area contributed by atoms with Crippen LogP contribution in [0.4, 0.5) is 10.2 Å². The fourth-order valence-corrected chi connectivity index (χ4v) is 2.42. The van der Waals surface area contributed by atoms with Crippen LogP contribution in [0.15, 0.2) is 6.07 Å². The molecule has 0 aromatic carbocycles. The Hall–Kier alpha value is -1.89. The molecule has 0 spiro atoms. The van der Waals surface area contributed by atoms with Crippen LogP contribution in [-0.2, 0) is 0 Å². The summed E-state index contributed by atoms with van der Waals surface area (Å²) in [5.41, 5.74) is 0.625. The highest BCUT2D eigenvalue weighted by atomic mass is 19.1. The van der Waals surface area contributed by atoms with Gasteiger partial charge in [0.05, 0.1) is 5.56 Å². The number of halogens is 1. The van der Waals surface area contributed by atoms with Crippen molar-refractivity contribution in [3.05, 3.63) is 23.1 Å². The highest BCUT2D eigenvalue weighted by Crippen LogP contribution is 2.22. The minimum Gasteiger partial charge on any atom is -0.354 e. The number of carbonyl (C=O) groups excluding carboxylic acids is 1. The smallest absolute Gasteiger partial charge is 0.166 e. The molecule has 0 radical (unpaired) electrons. The van der Waals surface area contributed by atoms with Gasteiger partial charge in [-0.2, -0.15) is 0 Å². The first-order chi connectivity index (χ1) is 10.3. The summed E-state index contributed by atoms with van der Waals surface area (Å²) in [6.07, 6.45) is 6.76. The number of aldehydes is 1. The molecule has 0 saturated carbocycles. The van der Waals surface area contributed by atoms with E-state index in [0.717, 1.165) is 45.2 Å². The van der Waals surface area contributed by atoms with Crippen LogP contribution in [0.5, 0.6) is 0 Å². The lowest BCUT2D eigenvalue weighted by atomic mass is 10.1. The number of hydrogen-bond donors (Lipinski definition) is 0. The molecule has 0 unspecified atom stereocenters. The van der Waals surface area contributed by atoms with Gasteiger partial charge in [0.15, 0.2) is 17.9 Å². The lowest BCUT2D eigenvalue weighted by molar-refractivity contribution is 0.112. The lowest BCUT2D eigenvalue weighted by Crippen LogP contribution is -2.31. The first-order valence-corrected chi connectivity index (χ1v) is 7.65. The Morgan fingerprint density at radius 1 is 1.38 bits per heavy atom. The molecule has 2 rings (SSSR count). The quantitative estimate of drug-likeness (QED) is 0.482. The van der Waals surface area contributed by atoms with E-state index in [1.54, 1.807) is 0 Å². The van der Waals surface area contributed by atoms with Crippen LogP contribution in [0.2, 0.25) is 0 Å². The van der Waals surface area contributed by atoms with Gasteiger partial charge in [-0.05, 0) is 37.7 Å². The zero-order chi connectivity index (χ0) is 15.1. The normalized spacial score (nSPS) is 14.5. The zero-order valence-electron chi connectivity index (χ0n) is 12.5. The van der Waals surface area contributed by atoms with E-state index in [1.807, 2.05) is 4.90 Å². The van der Waals surface area contributed by atoms with Crippen LogP contribution in [0.25, 0.3) is 0 Å². The van der Waals surface area contributed by atoms with Crippen molar-refractivity contribution >= 4 is 12.1 Å². The molecule has 1 fully saturated rings. The Labute approximate surface area is 125 Å². The van der Waals surface area contributed by atoms with Crippen molar-refractivity contribution in [2.45, 2.75) is 45.4 Å². The second-order valence-corrected chi connectivity index (χ2v) is 5.30. The van der Waals surface area contributed by atoms with Gasteiger partial charge in [-0.1, -0.05) is 19.3 Å². The number of piperidine rings is 1. The van der Waals surface area contributed by atoms with Crippen molar-refractivity contribution in [1.29, 1.82) is 0 Å². The molecule has 1 aromatic heterocycles. The van der Waals surface area contributed by atoms with E-state index in [-0.39, 0.29) is 5.56 Å². The van der Waals surface area contributed by atoms with E-state index in [9.17, 15) is 9.18 Å². The topological polar surface area (TPSA) is 33.2 Å². The fraction of sp³-hybridized carbons (Fsp3) is 0.529. The van der Waals surface area contributed by atoms with E-state index < -0.39 is 5.82 Å². The van der Waals surface area contributed by atoms with Crippen LogP contribution in [-0.4, -0.2) is 24.4 Å². The summed E-state index contributed by atoms with van der Waals surface area (Å²) in [7, 11) is 0. The molecule has 21 heavy (non-hydrogen) atoms. The molecule has 0 amide bonds. The van der Waals surface area contributed by atoms with Crippen LogP contribution < -0.4 is 4.90 Å². The Kier molecular flexibility index (Phi) is 5.74. The number of hydrogen-bond acceptors (Lipinski definition) is 3. The van der Waals surface area contributed by atoms with Gasteiger partial charge < -0.3 is 4.90 Å². The first-order valence-electron chi connectivity index (χ1n) is 7.65. The molecule has 0 bridgehead atoms. The number of aromatic nitrogens is 1. The van der Waals surface area contributed by atoms with E-state index in [0.29, 0.717) is 17.8 Å². The Morgan fingerprint density at radius 2 is 2.14 bits per heavy atom. The molecule has 112 valence electrons. The van der Waals surface area contributed by atoms with E-state index in [4.69, 9.17) is 0 Å². The number of nitrogens with zero attached hydrogens (tertiary/aromatic N) is 2. The largest absolute Gasteiger partial charge is 0.354 e. The van der Waals surface area contributed by atoms with Gasteiger partial charge in [0.25, 0.3) is 0 Å². The summed E-state index contributed by atoms with van der Waals surface area (Å²) in [6.45, 7) is 3.73. The zero-order valence-corrected chi connectivity index (χ0v) is 12.5. The molecule has 2 heterocycles. The maximum Gasteiger partial charge on any atom is 0.166 e. The molecule has 4 heteroatoms. The van der Waals surface area contributed by atoms with Crippen molar-refractivity contribution in [3.63, 3.8) is 0 Å². The van der Waals surface area contributed by atoms with Crippen molar-refractivity contribution in [2.24, 2.45) is 0 Å². The minimum atomic E-state index is -0.432. The third-order valence-corrected chi connectivity index (χ3v) is 3.63. The summed E-state index contributed by atoms with van der Waals surface area (Å²) in [5.74, 6) is 5.84. The number of carbonyl (C=O) groups is 1. The maximum atomic E-state index is 14.1. The van der Waals surface area contributed by atoms with Gasteiger partial charge in [0, 0.05) is 19.5 Å². The van der Waals surface area contributed by atoms with Crippen LogP contribution >= 0.6 is 0 Å². The average molecular weight is 288 g/mol. The molecule has 1 aromatic rings. The lowest BCUT2D eigenvalue weighted by Gasteiger charge is -2.28. The average Bonchev–Trinajstić information content (AvgIpc) is 2.53. The van der Waals surface area contributed by atoms with Crippen molar-refractivity contribution < 1.29 is 9.18 Å². The van der Waals surface area contributed by atoms with Gasteiger partial charge >= 0.3 is 0 Å². The molecular formula is C17H21FN2O. The van der Waals surface area contributed by atoms with Gasteiger partial charge in [0.1, 0.15) is 5.69 Å². The standard InChI is InChI=1S/C17H21FN2O/c1-2-3-4-6-9-16-14(13-21)12-15(18)17(19-16)20-10-7-5-8-11-20/h12-13H,2-5,7-8,10-11H2,1H3. The fourth-order valence-electron chi connectivity index (χ4n) is 2.42. The van der Waals surface area contributed by atoms with Gasteiger partial charge in [-0.3, -0.25) is 4.79 Å². The monoisotopic (exact) mass is 288 g/mol. The summed E-state index contributed by atoms with van der Waals surface area (Å²) < 4.78 is 14.1. The predicted molar refractivity (Wildman–Crippen MR) is 82.0 cm³/mol. The van der Waals surface area contributed by atoms with E-state index in [2.05, 4.69) is 23.7 Å². The summed E-state index contributed by atoms with van der Waals surface area (Å²) in [4.78, 5) is 17.3. The Morgan fingerprint density at radius 3 is 2.81 bits per heavy atom. The number of anilines is 1. The highest BCUT2D eigenvalue weighted by Gasteiger charge is 2.18. The number of rotatable bonds is 4. The number of unbranched alkanes of at least 4 members (excludes halogenated alkanes) is 2. The van der Waals surface area contributed by atoms with Crippen LogP contribution in [0.3, 0.4) is 0 Å². The molecule has 1 aliphatic heterocycles. The van der Waals surface area contributed by atoms with Gasteiger partial charge in [0.2, 0.25) is 0 Å². The van der Waals surface area contributed by atoms with Crippen molar-refractivity contribution in [3.8, 4) is 11.8 Å². The molecule has 1 aliphatic rings. The summed E-state index contributed by atoms with van der Waals surface area (Å²) in [6, 6.07) is 1.26. The van der Waals surface area contributed by atoms with Crippen molar-refractivity contribution in [1.82, 2.24) is 4.98 Å². The SMILES string of the molecule is CCCCC#Cc1nc(N2CCCCC2)c(F)cc1C=O. The minimum absolute atomic E-state index is 0.234. The highest BCUT2D eigenvalue weighted by molar-refractivity contribution is 5.79. The van der Waals surface area contributed by atoms with Crippen LogP contribution in [0.1, 0.15) is 61.5 Å². The second kappa shape index (κ2) is 7.78. The van der Waals surface area contributed by atoms with Gasteiger partial charge in [-0.25, -0.2) is 9.37 Å². The Bertz CT molecular complexity index is 554. The third kappa shape index (κ3) is 4.04. The molecule has 0 N–H and O–H groups in total. The van der Waals surface area contributed by atoms with Crippen LogP contribution in [0, 0.1) is 17.7 Å². The molecular weight excluding hydrogens is 267 g/mol. The predicted octanol–water partition coefficient (Wildman–Crippen LogP) is 3.57. The van der Waals surface area contributed by atoms with Crippen molar-refractivity contribution in [2.75, 3.05) is 18.0 Å². The maximum absolute atomic E-state index is 14.1. The molecule has 0 atom stereocenters.